The summed E-state index contributed by atoms with van der Waals surface area (Å²) in [5.41, 5.74) is 3.93. The molecular weight excluding hydrogens is 516 g/mol. The van der Waals surface area contributed by atoms with E-state index < -0.39 is 0 Å². The van der Waals surface area contributed by atoms with Crippen molar-refractivity contribution in [3.8, 4) is 5.75 Å². The van der Waals surface area contributed by atoms with E-state index in [-0.39, 0.29) is 23.3 Å². The molecule has 3 aliphatic rings. The summed E-state index contributed by atoms with van der Waals surface area (Å²) in [4.78, 5) is 34.3. The quantitative estimate of drug-likeness (QED) is 0.129. The lowest BCUT2D eigenvalue weighted by atomic mass is 9.54. The zero-order valence-electron chi connectivity index (χ0n) is 25.5. The number of carbonyl (C=O) groups excluding carboxylic acids is 3. The minimum Gasteiger partial charge on any atom is -0.466 e. The van der Waals surface area contributed by atoms with Crippen molar-refractivity contribution >= 4 is 17.9 Å². The van der Waals surface area contributed by atoms with Crippen molar-refractivity contribution in [2.24, 2.45) is 17.3 Å². The van der Waals surface area contributed by atoms with E-state index in [1.807, 2.05) is 12.1 Å². The number of ether oxygens (including phenoxy) is 3. The van der Waals surface area contributed by atoms with E-state index in [1.165, 1.54) is 88.8 Å². The largest absolute Gasteiger partial charge is 0.466 e. The lowest BCUT2D eigenvalue weighted by Crippen LogP contribution is -2.41. The number of benzene rings is 1. The molecule has 41 heavy (non-hydrogen) atoms. The molecular formula is C35H48O6. The molecule has 1 fully saturated rings. The van der Waals surface area contributed by atoms with Crippen LogP contribution in [0.2, 0.25) is 0 Å². The fourth-order valence-electron chi connectivity index (χ4n) is 7.50. The first-order chi connectivity index (χ1) is 19.7. The number of hydrogen-bond acceptors (Lipinski definition) is 6. The Bertz CT molecular complexity index is 1160. The monoisotopic (exact) mass is 564 g/mol. The molecule has 224 valence electrons. The Morgan fingerprint density at radius 2 is 1.49 bits per heavy atom. The molecule has 1 aromatic carbocycles. The molecule has 4 rings (SSSR count). The van der Waals surface area contributed by atoms with Crippen LogP contribution in [-0.4, -0.2) is 24.5 Å². The van der Waals surface area contributed by atoms with Gasteiger partial charge in [0.25, 0.3) is 0 Å². The van der Waals surface area contributed by atoms with Crippen LogP contribution in [0.3, 0.4) is 0 Å². The molecule has 0 saturated heterocycles. The number of rotatable bonds is 14. The number of hydrogen-bond donors (Lipinski definition) is 0. The zero-order valence-corrected chi connectivity index (χ0v) is 25.5. The number of fused-ring (bicyclic) bond motifs is 5. The van der Waals surface area contributed by atoms with Gasteiger partial charge in [-0.2, -0.15) is 0 Å². The molecule has 0 radical (unpaired) electrons. The van der Waals surface area contributed by atoms with Crippen LogP contribution in [0.25, 0.3) is 0 Å². The lowest BCUT2D eigenvalue weighted by Gasteiger charge is -2.50. The van der Waals surface area contributed by atoms with Gasteiger partial charge in [-0.1, -0.05) is 69.1 Å². The number of allylic oxidation sites excluding steroid dienone is 3. The summed E-state index contributed by atoms with van der Waals surface area (Å²) < 4.78 is 16.1. The molecule has 0 unspecified atom stereocenters. The fourth-order valence-corrected chi connectivity index (χ4v) is 7.50. The Kier molecular flexibility index (Phi) is 10.9. The van der Waals surface area contributed by atoms with Crippen LogP contribution in [0.1, 0.15) is 122 Å². The lowest BCUT2D eigenvalue weighted by molar-refractivity contribution is -0.141. The van der Waals surface area contributed by atoms with Gasteiger partial charge in [-0.3, -0.25) is 14.4 Å². The highest BCUT2D eigenvalue weighted by atomic mass is 16.5. The van der Waals surface area contributed by atoms with E-state index in [0.29, 0.717) is 30.1 Å². The average molecular weight is 565 g/mol. The van der Waals surface area contributed by atoms with Gasteiger partial charge in [-0.25, -0.2) is 0 Å². The first-order valence-corrected chi connectivity index (χ1v) is 15.7. The molecule has 1 saturated carbocycles. The molecule has 0 amide bonds. The van der Waals surface area contributed by atoms with Crippen molar-refractivity contribution in [2.45, 2.75) is 117 Å². The summed E-state index contributed by atoms with van der Waals surface area (Å²) >= 11 is 0. The standard InChI is InChI=1S/C35H48O6/c1-24(36)39-21-13-11-9-7-5-6-8-10-12-14-27-22-28-23-29(40-25(2)37)15-16-30(28)31-19-20-35(4)32(34(27)31)17-18-33(35)41-26(3)38/h15-18,23,27,31,34H,5-14,19-22H2,1-4H3/t27-,31-,34-,35+/m1/s1. The molecule has 3 aliphatic carbocycles. The van der Waals surface area contributed by atoms with E-state index in [1.54, 1.807) is 0 Å². The van der Waals surface area contributed by atoms with Crippen LogP contribution in [-0.2, 0) is 30.3 Å². The highest BCUT2D eigenvalue weighted by molar-refractivity contribution is 5.69. The molecule has 0 N–H and O–H groups in total. The highest BCUT2D eigenvalue weighted by Crippen LogP contribution is 2.61. The second-order valence-corrected chi connectivity index (χ2v) is 12.5. The van der Waals surface area contributed by atoms with Crippen molar-refractivity contribution in [2.75, 3.05) is 6.61 Å². The second-order valence-electron chi connectivity index (χ2n) is 12.5. The Hall–Kier alpha value is -2.89. The third kappa shape index (κ3) is 7.90. The molecule has 1 aromatic rings. The number of carbonyl (C=O) groups is 3. The van der Waals surface area contributed by atoms with Crippen LogP contribution in [0.4, 0.5) is 0 Å². The SMILES string of the molecule is CC(=O)OCCCCCCCCCCC[C@@H]1Cc2cc(OC(C)=O)ccc2[C@H]2CC[C@]3(C)C(OC(C)=O)=CC=C3[C@H]12. The van der Waals surface area contributed by atoms with E-state index in [9.17, 15) is 14.4 Å². The minimum absolute atomic E-state index is 0.189. The number of esters is 3. The summed E-state index contributed by atoms with van der Waals surface area (Å²) in [6.45, 7) is 7.20. The van der Waals surface area contributed by atoms with Crippen molar-refractivity contribution in [3.05, 3.63) is 52.8 Å². The maximum Gasteiger partial charge on any atom is 0.308 e. The van der Waals surface area contributed by atoms with Gasteiger partial charge in [0, 0.05) is 26.2 Å². The van der Waals surface area contributed by atoms with E-state index in [0.717, 1.165) is 37.9 Å². The van der Waals surface area contributed by atoms with Gasteiger partial charge in [-0.15, -0.1) is 0 Å². The van der Waals surface area contributed by atoms with Crippen LogP contribution in [0.5, 0.6) is 5.75 Å². The van der Waals surface area contributed by atoms with E-state index in [2.05, 4.69) is 25.1 Å². The summed E-state index contributed by atoms with van der Waals surface area (Å²) in [5.74, 6) is 2.08. The maximum absolute atomic E-state index is 11.8. The summed E-state index contributed by atoms with van der Waals surface area (Å²) in [5, 5.41) is 0. The molecule has 0 aromatic heterocycles. The Balaban J connectivity index is 1.34. The van der Waals surface area contributed by atoms with Crippen molar-refractivity contribution in [1.82, 2.24) is 0 Å². The van der Waals surface area contributed by atoms with Gasteiger partial charge in [0.2, 0.25) is 0 Å². The second kappa shape index (κ2) is 14.3. The highest BCUT2D eigenvalue weighted by Gasteiger charge is 2.51. The van der Waals surface area contributed by atoms with Gasteiger partial charge in [0.15, 0.2) is 0 Å². The fraction of sp³-hybridized carbons (Fsp3) is 0.629. The first kappa shape index (κ1) is 31.1. The van der Waals surface area contributed by atoms with E-state index in [4.69, 9.17) is 14.2 Å². The molecule has 6 heteroatoms. The summed E-state index contributed by atoms with van der Waals surface area (Å²) in [7, 11) is 0. The Labute approximate surface area is 245 Å². The zero-order chi connectivity index (χ0) is 29.4. The van der Waals surface area contributed by atoms with Crippen LogP contribution in [0, 0.1) is 17.3 Å². The normalized spacial score (nSPS) is 24.3. The third-order valence-corrected chi connectivity index (χ3v) is 9.39. The van der Waals surface area contributed by atoms with Crippen molar-refractivity contribution in [3.63, 3.8) is 0 Å². The summed E-state index contributed by atoms with van der Waals surface area (Å²) in [6, 6.07) is 6.21. The molecule has 0 bridgehead atoms. The van der Waals surface area contributed by atoms with Crippen LogP contribution >= 0.6 is 0 Å². The number of unbranched alkanes of at least 4 members (excludes halogenated alkanes) is 8. The third-order valence-electron chi connectivity index (χ3n) is 9.39. The maximum atomic E-state index is 11.8. The molecule has 0 spiro atoms. The van der Waals surface area contributed by atoms with Crippen molar-refractivity contribution in [1.29, 1.82) is 0 Å². The average Bonchev–Trinajstić information content (AvgIpc) is 3.23. The van der Waals surface area contributed by atoms with E-state index >= 15 is 0 Å². The van der Waals surface area contributed by atoms with Gasteiger partial charge in [0.05, 0.1) is 6.61 Å². The minimum atomic E-state index is -0.286. The topological polar surface area (TPSA) is 78.9 Å². The predicted octanol–water partition coefficient (Wildman–Crippen LogP) is 8.14. The summed E-state index contributed by atoms with van der Waals surface area (Å²) in [6.07, 6.45) is 19.2. The van der Waals surface area contributed by atoms with Gasteiger partial charge in [0.1, 0.15) is 11.5 Å². The smallest absolute Gasteiger partial charge is 0.308 e. The molecule has 4 atom stereocenters. The predicted molar refractivity (Wildman–Crippen MR) is 159 cm³/mol. The van der Waals surface area contributed by atoms with Crippen molar-refractivity contribution < 1.29 is 28.6 Å². The van der Waals surface area contributed by atoms with Gasteiger partial charge < -0.3 is 14.2 Å². The van der Waals surface area contributed by atoms with Gasteiger partial charge >= 0.3 is 17.9 Å². The van der Waals surface area contributed by atoms with Crippen LogP contribution in [0.15, 0.2) is 41.7 Å². The molecule has 0 heterocycles. The van der Waals surface area contributed by atoms with Crippen LogP contribution < -0.4 is 4.74 Å². The first-order valence-electron chi connectivity index (χ1n) is 15.7. The Morgan fingerprint density at radius 1 is 0.829 bits per heavy atom. The molecule has 6 nitrogen and oxygen atoms in total. The van der Waals surface area contributed by atoms with Gasteiger partial charge in [-0.05, 0) is 86.1 Å². The molecule has 0 aliphatic heterocycles. The Morgan fingerprint density at radius 3 is 2.15 bits per heavy atom.